The number of hydrogen-bond acceptors (Lipinski definition) is 2. The second-order valence-corrected chi connectivity index (χ2v) is 3.94. The molecule has 1 heterocycles. The van der Waals surface area contributed by atoms with Gasteiger partial charge in [0, 0.05) is 37.4 Å². The Labute approximate surface area is 89.5 Å². The number of H-pyrrole nitrogens is 1. The Balaban J connectivity index is 1.50. The van der Waals surface area contributed by atoms with E-state index in [4.69, 9.17) is 0 Å². The van der Waals surface area contributed by atoms with E-state index in [9.17, 15) is 4.79 Å². The average molecular weight is 207 g/mol. The van der Waals surface area contributed by atoms with Crippen LogP contribution in [0.2, 0.25) is 0 Å². The zero-order chi connectivity index (χ0) is 10.5. The number of amides is 1. The molecule has 1 amide bonds. The summed E-state index contributed by atoms with van der Waals surface area (Å²) in [5.41, 5.74) is 1.17. The summed E-state index contributed by atoms with van der Waals surface area (Å²) in [6.45, 7) is 2.36. The van der Waals surface area contributed by atoms with E-state index < -0.39 is 0 Å². The van der Waals surface area contributed by atoms with Crippen LogP contribution in [-0.4, -0.2) is 24.0 Å². The molecule has 0 saturated heterocycles. The van der Waals surface area contributed by atoms with E-state index in [1.807, 2.05) is 18.3 Å². The smallest absolute Gasteiger partial charge is 0.223 e. The Bertz CT molecular complexity index is 304. The molecule has 0 bridgehead atoms. The van der Waals surface area contributed by atoms with E-state index in [0.717, 1.165) is 32.5 Å². The maximum Gasteiger partial charge on any atom is 0.223 e. The van der Waals surface area contributed by atoms with Gasteiger partial charge in [-0.1, -0.05) is 0 Å². The Morgan fingerprint density at radius 2 is 2.33 bits per heavy atom. The van der Waals surface area contributed by atoms with Crippen molar-refractivity contribution in [3.05, 3.63) is 24.0 Å². The lowest BCUT2D eigenvalue weighted by atomic mass is 10.4. The summed E-state index contributed by atoms with van der Waals surface area (Å²) < 4.78 is 0. The van der Waals surface area contributed by atoms with Crippen molar-refractivity contribution in [2.75, 3.05) is 13.1 Å². The minimum Gasteiger partial charge on any atom is -0.364 e. The Morgan fingerprint density at radius 1 is 1.47 bits per heavy atom. The minimum absolute atomic E-state index is 0.219. The van der Waals surface area contributed by atoms with Gasteiger partial charge in [0.05, 0.1) is 0 Å². The molecule has 2 rings (SSSR count). The van der Waals surface area contributed by atoms with Gasteiger partial charge in [-0.25, -0.2) is 0 Å². The predicted molar refractivity (Wildman–Crippen MR) is 58.2 cm³/mol. The highest BCUT2D eigenvalue weighted by atomic mass is 16.2. The summed E-state index contributed by atoms with van der Waals surface area (Å²) in [6.07, 6.45) is 4.05. The van der Waals surface area contributed by atoms with Crippen molar-refractivity contribution in [3.63, 3.8) is 0 Å². The molecule has 1 aromatic rings. The second kappa shape index (κ2) is 4.98. The summed E-state index contributed by atoms with van der Waals surface area (Å²) >= 11 is 0. The maximum absolute atomic E-state index is 11.3. The largest absolute Gasteiger partial charge is 0.364 e. The molecule has 1 saturated carbocycles. The topological polar surface area (TPSA) is 56.9 Å². The molecule has 1 aromatic heterocycles. The molecule has 0 radical (unpaired) electrons. The second-order valence-electron chi connectivity index (χ2n) is 3.94. The summed E-state index contributed by atoms with van der Waals surface area (Å²) in [5.74, 6) is 0.532. The van der Waals surface area contributed by atoms with Crippen LogP contribution in [0.5, 0.6) is 0 Å². The number of carbonyl (C=O) groups excluding carboxylic acids is 1. The van der Waals surface area contributed by atoms with Gasteiger partial charge in [0.2, 0.25) is 5.91 Å². The monoisotopic (exact) mass is 207 g/mol. The molecule has 4 nitrogen and oxygen atoms in total. The molecule has 0 unspecified atom stereocenters. The number of nitrogens with one attached hydrogen (secondary N) is 3. The third-order valence-electron chi connectivity index (χ3n) is 2.53. The SMILES string of the molecule is O=C(NCCNCc1ccc[nH]1)C1CC1. The van der Waals surface area contributed by atoms with Crippen molar-refractivity contribution >= 4 is 5.91 Å². The van der Waals surface area contributed by atoms with Gasteiger partial charge in [0.15, 0.2) is 0 Å². The van der Waals surface area contributed by atoms with E-state index >= 15 is 0 Å². The van der Waals surface area contributed by atoms with Crippen LogP contribution < -0.4 is 10.6 Å². The maximum atomic E-state index is 11.3. The number of aromatic amines is 1. The van der Waals surface area contributed by atoms with E-state index in [-0.39, 0.29) is 5.91 Å². The third-order valence-corrected chi connectivity index (χ3v) is 2.53. The van der Waals surface area contributed by atoms with Gasteiger partial charge >= 0.3 is 0 Å². The van der Waals surface area contributed by atoms with Gasteiger partial charge in [0.1, 0.15) is 0 Å². The lowest BCUT2D eigenvalue weighted by Crippen LogP contribution is -2.32. The molecule has 1 fully saturated rings. The number of rotatable bonds is 6. The van der Waals surface area contributed by atoms with Crippen LogP contribution in [0.1, 0.15) is 18.5 Å². The fraction of sp³-hybridized carbons (Fsp3) is 0.545. The van der Waals surface area contributed by atoms with Crippen LogP contribution >= 0.6 is 0 Å². The molecule has 1 aliphatic rings. The van der Waals surface area contributed by atoms with Crippen molar-refractivity contribution in [1.29, 1.82) is 0 Å². The van der Waals surface area contributed by atoms with Crippen LogP contribution in [0.15, 0.2) is 18.3 Å². The van der Waals surface area contributed by atoms with Crippen molar-refractivity contribution in [3.8, 4) is 0 Å². The first-order chi connectivity index (χ1) is 7.36. The average Bonchev–Trinajstić information content (AvgIpc) is 2.97. The zero-order valence-corrected chi connectivity index (χ0v) is 8.75. The molecular weight excluding hydrogens is 190 g/mol. The van der Waals surface area contributed by atoms with Gasteiger partial charge in [-0.3, -0.25) is 4.79 Å². The van der Waals surface area contributed by atoms with Crippen LogP contribution in [0.4, 0.5) is 0 Å². The normalized spacial score (nSPS) is 15.2. The van der Waals surface area contributed by atoms with Crippen LogP contribution in [0.3, 0.4) is 0 Å². The lowest BCUT2D eigenvalue weighted by Gasteiger charge is -2.05. The molecule has 0 aliphatic heterocycles. The first-order valence-corrected chi connectivity index (χ1v) is 5.47. The molecule has 0 atom stereocenters. The zero-order valence-electron chi connectivity index (χ0n) is 8.75. The Morgan fingerprint density at radius 3 is 3.00 bits per heavy atom. The number of aromatic nitrogens is 1. The van der Waals surface area contributed by atoms with Gasteiger partial charge < -0.3 is 15.6 Å². The fourth-order valence-electron chi connectivity index (χ4n) is 1.46. The third kappa shape index (κ3) is 3.40. The first-order valence-electron chi connectivity index (χ1n) is 5.47. The van der Waals surface area contributed by atoms with Crippen molar-refractivity contribution in [1.82, 2.24) is 15.6 Å². The van der Waals surface area contributed by atoms with Gasteiger partial charge in [0.25, 0.3) is 0 Å². The highest BCUT2D eigenvalue weighted by Gasteiger charge is 2.28. The standard InChI is InChI=1S/C11H17N3O/c15-11(9-3-4-9)14-7-6-12-8-10-2-1-5-13-10/h1-2,5,9,12-13H,3-4,6-8H2,(H,14,15). The summed E-state index contributed by atoms with van der Waals surface area (Å²) in [5, 5.41) is 6.17. The van der Waals surface area contributed by atoms with Crippen molar-refractivity contribution < 1.29 is 4.79 Å². The quantitative estimate of drug-likeness (QED) is 0.599. The van der Waals surface area contributed by atoms with Gasteiger partial charge in [-0.05, 0) is 25.0 Å². The van der Waals surface area contributed by atoms with Crippen LogP contribution in [0, 0.1) is 5.92 Å². The fourth-order valence-corrected chi connectivity index (χ4v) is 1.46. The van der Waals surface area contributed by atoms with Crippen LogP contribution in [0.25, 0.3) is 0 Å². The minimum atomic E-state index is 0.219. The Hall–Kier alpha value is -1.29. The van der Waals surface area contributed by atoms with Gasteiger partial charge in [-0.15, -0.1) is 0 Å². The molecule has 0 aromatic carbocycles. The highest BCUT2D eigenvalue weighted by molar-refractivity contribution is 5.80. The molecule has 4 heteroatoms. The van der Waals surface area contributed by atoms with E-state index in [1.54, 1.807) is 0 Å². The van der Waals surface area contributed by atoms with Gasteiger partial charge in [-0.2, -0.15) is 0 Å². The van der Waals surface area contributed by atoms with E-state index in [0.29, 0.717) is 5.92 Å². The molecule has 82 valence electrons. The van der Waals surface area contributed by atoms with Crippen LogP contribution in [-0.2, 0) is 11.3 Å². The van der Waals surface area contributed by atoms with Crippen molar-refractivity contribution in [2.24, 2.45) is 5.92 Å². The molecule has 1 aliphatic carbocycles. The Kier molecular flexibility index (Phi) is 3.40. The first kappa shape index (κ1) is 10.2. The summed E-state index contributed by atoms with van der Waals surface area (Å²) in [7, 11) is 0. The highest BCUT2D eigenvalue weighted by Crippen LogP contribution is 2.28. The summed E-state index contributed by atoms with van der Waals surface area (Å²) in [4.78, 5) is 14.4. The number of hydrogen-bond donors (Lipinski definition) is 3. The molecule has 3 N–H and O–H groups in total. The molecular formula is C11H17N3O. The predicted octanol–water partition coefficient (Wildman–Crippen LogP) is 0.630. The molecule has 0 spiro atoms. The summed E-state index contributed by atoms with van der Waals surface area (Å²) in [6, 6.07) is 4.02. The lowest BCUT2D eigenvalue weighted by molar-refractivity contribution is -0.122. The van der Waals surface area contributed by atoms with E-state index in [1.165, 1.54) is 5.69 Å². The number of carbonyl (C=O) groups is 1. The molecule has 15 heavy (non-hydrogen) atoms. The van der Waals surface area contributed by atoms with E-state index in [2.05, 4.69) is 15.6 Å². The van der Waals surface area contributed by atoms with Crippen molar-refractivity contribution in [2.45, 2.75) is 19.4 Å².